The topological polar surface area (TPSA) is 35.3 Å². The lowest BCUT2D eigenvalue weighted by Crippen LogP contribution is -1.84. The summed E-state index contributed by atoms with van der Waals surface area (Å²) in [4.78, 5) is 3.95. The monoisotopic (exact) mass is 193 g/mol. The lowest BCUT2D eigenvalue weighted by Gasteiger charge is -1.98. The molecule has 0 N–H and O–H groups in total. The van der Waals surface area contributed by atoms with Crippen LogP contribution in [0.3, 0.4) is 0 Å². The summed E-state index contributed by atoms with van der Waals surface area (Å²) in [5.74, 6) is 0.189. The van der Waals surface area contributed by atoms with Crippen molar-refractivity contribution in [1.82, 2.24) is 4.98 Å². The van der Waals surface area contributed by atoms with E-state index in [-0.39, 0.29) is 11.9 Å². The smallest absolute Gasteiger partial charge is 0.399 e. The number of hydrogen-bond acceptors (Lipinski definition) is 3. The van der Waals surface area contributed by atoms with Crippen molar-refractivity contribution in [3.8, 4) is 11.8 Å². The molecule has 0 saturated carbocycles. The van der Waals surface area contributed by atoms with Gasteiger partial charge in [0.05, 0.1) is 5.69 Å². The highest BCUT2D eigenvalue weighted by molar-refractivity contribution is 5.24. The Morgan fingerprint density at radius 1 is 1.29 bits per heavy atom. The zero-order valence-corrected chi connectivity index (χ0v) is 7.53. The molecule has 1 heterocycles. The lowest BCUT2D eigenvalue weighted by molar-refractivity contribution is 0.330. The molecule has 0 saturated heterocycles. The van der Waals surface area contributed by atoms with Gasteiger partial charge in [-0.25, -0.2) is 4.39 Å². The van der Waals surface area contributed by atoms with Crippen LogP contribution in [0.15, 0.2) is 34.9 Å². The fourth-order valence-corrected chi connectivity index (χ4v) is 0.983. The van der Waals surface area contributed by atoms with Crippen LogP contribution in [-0.2, 0) is 0 Å². The lowest BCUT2D eigenvalue weighted by atomic mass is 10.3. The third-order valence-corrected chi connectivity index (χ3v) is 1.62. The van der Waals surface area contributed by atoms with Crippen LogP contribution in [0.4, 0.5) is 4.39 Å². The van der Waals surface area contributed by atoms with Crippen molar-refractivity contribution in [2.45, 2.75) is 6.92 Å². The van der Waals surface area contributed by atoms with Crippen LogP contribution < -0.4 is 4.74 Å². The van der Waals surface area contributed by atoms with Crippen molar-refractivity contribution in [2.24, 2.45) is 0 Å². The summed E-state index contributed by atoms with van der Waals surface area (Å²) < 4.78 is 22.7. The van der Waals surface area contributed by atoms with Gasteiger partial charge in [0, 0.05) is 0 Å². The predicted octanol–water partition coefficient (Wildman–Crippen LogP) is 2.91. The molecule has 0 atom stereocenters. The van der Waals surface area contributed by atoms with Crippen molar-refractivity contribution in [2.75, 3.05) is 0 Å². The molecular formula is C10H8FNO2. The zero-order chi connectivity index (χ0) is 9.97. The van der Waals surface area contributed by atoms with E-state index >= 15 is 0 Å². The van der Waals surface area contributed by atoms with Gasteiger partial charge in [-0.05, 0) is 31.2 Å². The van der Waals surface area contributed by atoms with Crippen molar-refractivity contribution >= 4 is 0 Å². The first-order valence-corrected chi connectivity index (χ1v) is 4.09. The van der Waals surface area contributed by atoms with E-state index in [9.17, 15) is 4.39 Å². The Balaban J connectivity index is 2.15. The molecule has 0 spiro atoms. The third-order valence-electron chi connectivity index (χ3n) is 1.62. The standard InChI is InChI=1S/C10H8FNO2/c1-7-6-13-10(12-7)14-9-4-2-8(11)3-5-9/h2-6H,1H3. The molecule has 3 nitrogen and oxygen atoms in total. The predicted molar refractivity (Wildman–Crippen MR) is 47.7 cm³/mol. The van der Waals surface area contributed by atoms with Gasteiger partial charge < -0.3 is 9.15 Å². The summed E-state index contributed by atoms with van der Waals surface area (Å²) in [5.41, 5.74) is 0.738. The van der Waals surface area contributed by atoms with Crippen LogP contribution in [0.25, 0.3) is 0 Å². The van der Waals surface area contributed by atoms with Gasteiger partial charge in [-0.3, -0.25) is 0 Å². The van der Waals surface area contributed by atoms with E-state index in [2.05, 4.69) is 4.98 Å². The van der Waals surface area contributed by atoms with Gasteiger partial charge >= 0.3 is 6.08 Å². The number of oxazole rings is 1. The van der Waals surface area contributed by atoms with Gasteiger partial charge in [0.2, 0.25) is 0 Å². The molecule has 2 rings (SSSR count). The number of hydrogen-bond donors (Lipinski definition) is 0. The molecular weight excluding hydrogens is 185 g/mol. The third kappa shape index (κ3) is 1.90. The van der Waals surface area contributed by atoms with Gasteiger partial charge in [0.1, 0.15) is 17.8 Å². The Morgan fingerprint density at radius 3 is 2.57 bits per heavy atom. The molecule has 4 heteroatoms. The SMILES string of the molecule is Cc1coc(Oc2ccc(F)cc2)n1. The largest absolute Gasteiger partial charge is 0.417 e. The van der Waals surface area contributed by atoms with E-state index in [0.717, 1.165) is 5.69 Å². The number of ether oxygens (including phenoxy) is 1. The minimum absolute atomic E-state index is 0.161. The van der Waals surface area contributed by atoms with Gasteiger partial charge in [-0.2, -0.15) is 4.98 Å². The zero-order valence-electron chi connectivity index (χ0n) is 7.53. The van der Waals surface area contributed by atoms with E-state index in [1.54, 1.807) is 6.92 Å². The van der Waals surface area contributed by atoms with E-state index < -0.39 is 0 Å². The molecule has 0 unspecified atom stereocenters. The second kappa shape index (κ2) is 3.49. The fraction of sp³-hybridized carbons (Fsp3) is 0.100. The quantitative estimate of drug-likeness (QED) is 0.735. The van der Waals surface area contributed by atoms with Gasteiger partial charge in [-0.15, -0.1) is 0 Å². The Kier molecular flexibility index (Phi) is 2.18. The molecule has 0 fully saturated rings. The minimum Gasteiger partial charge on any atom is -0.417 e. The molecule has 72 valence electrons. The molecule has 1 aromatic heterocycles. The van der Waals surface area contributed by atoms with E-state index in [4.69, 9.17) is 9.15 Å². The number of halogens is 1. The molecule has 0 aliphatic rings. The summed E-state index contributed by atoms with van der Waals surface area (Å²) in [6.45, 7) is 1.79. The molecule has 0 radical (unpaired) electrons. The molecule has 0 aliphatic heterocycles. The second-order valence-electron chi connectivity index (χ2n) is 2.81. The van der Waals surface area contributed by atoms with Crippen LogP contribution >= 0.6 is 0 Å². The number of aryl methyl sites for hydroxylation is 1. The van der Waals surface area contributed by atoms with E-state index in [1.807, 2.05) is 0 Å². The average molecular weight is 193 g/mol. The molecule has 0 aliphatic carbocycles. The highest BCUT2D eigenvalue weighted by atomic mass is 19.1. The molecule has 0 bridgehead atoms. The molecule has 2 aromatic rings. The Hall–Kier alpha value is -1.84. The summed E-state index contributed by atoms with van der Waals surface area (Å²) in [6.07, 6.45) is 1.65. The Labute approximate surface area is 80.1 Å². The first-order valence-electron chi connectivity index (χ1n) is 4.09. The van der Waals surface area contributed by atoms with E-state index in [1.165, 1.54) is 30.5 Å². The summed E-state index contributed by atoms with van der Waals surface area (Å²) >= 11 is 0. The van der Waals surface area contributed by atoms with Crippen LogP contribution in [0.2, 0.25) is 0 Å². The molecule has 1 aromatic carbocycles. The number of rotatable bonds is 2. The van der Waals surface area contributed by atoms with Crippen molar-refractivity contribution in [3.05, 3.63) is 42.0 Å². The second-order valence-corrected chi connectivity index (χ2v) is 2.81. The first kappa shape index (κ1) is 8.74. The van der Waals surface area contributed by atoms with Crippen LogP contribution in [0.5, 0.6) is 11.8 Å². The highest BCUT2D eigenvalue weighted by Crippen LogP contribution is 2.20. The minimum atomic E-state index is -0.305. The average Bonchev–Trinajstić information content (AvgIpc) is 2.56. The Bertz CT molecular complexity index is 422. The van der Waals surface area contributed by atoms with Crippen LogP contribution in [-0.4, -0.2) is 4.98 Å². The molecule has 0 amide bonds. The van der Waals surface area contributed by atoms with E-state index in [0.29, 0.717) is 5.75 Å². The number of aromatic nitrogens is 1. The van der Waals surface area contributed by atoms with Gasteiger partial charge in [0.15, 0.2) is 0 Å². The van der Waals surface area contributed by atoms with Crippen molar-refractivity contribution in [3.63, 3.8) is 0 Å². The summed E-state index contributed by atoms with van der Waals surface area (Å²) in [5, 5.41) is 0. The maximum atomic E-state index is 12.5. The summed E-state index contributed by atoms with van der Waals surface area (Å²) in [7, 11) is 0. The summed E-state index contributed by atoms with van der Waals surface area (Å²) in [6, 6.07) is 5.64. The molecule has 14 heavy (non-hydrogen) atoms. The normalized spacial score (nSPS) is 10.1. The highest BCUT2D eigenvalue weighted by Gasteiger charge is 2.02. The Morgan fingerprint density at radius 2 is 2.00 bits per heavy atom. The van der Waals surface area contributed by atoms with Crippen LogP contribution in [0.1, 0.15) is 5.69 Å². The van der Waals surface area contributed by atoms with Gasteiger partial charge in [-0.1, -0.05) is 0 Å². The first-order chi connectivity index (χ1) is 6.74. The maximum Gasteiger partial charge on any atom is 0.399 e. The van der Waals surface area contributed by atoms with Crippen molar-refractivity contribution in [1.29, 1.82) is 0 Å². The fourth-order valence-electron chi connectivity index (χ4n) is 0.983. The number of nitrogens with zero attached hydrogens (tertiary/aromatic N) is 1. The van der Waals surface area contributed by atoms with Crippen molar-refractivity contribution < 1.29 is 13.5 Å². The maximum absolute atomic E-state index is 12.5. The van der Waals surface area contributed by atoms with Gasteiger partial charge in [0.25, 0.3) is 0 Å². The number of benzene rings is 1. The van der Waals surface area contributed by atoms with Crippen LogP contribution in [0, 0.1) is 12.7 Å².